The van der Waals surface area contributed by atoms with Gasteiger partial charge in [-0.05, 0) is 63.6 Å². The lowest BCUT2D eigenvalue weighted by Crippen LogP contribution is -2.44. The minimum Gasteiger partial charge on any atom is -0.383 e. The minimum atomic E-state index is 0.467. The molecule has 5 rings (SSSR count). The van der Waals surface area contributed by atoms with Gasteiger partial charge in [-0.3, -0.25) is 4.68 Å². The van der Waals surface area contributed by atoms with E-state index in [0.717, 1.165) is 88.2 Å². The molecule has 3 aliphatic rings. The van der Waals surface area contributed by atoms with Crippen LogP contribution in [0.25, 0.3) is 0 Å². The van der Waals surface area contributed by atoms with Gasteiger partial charge in [0.25, 0.3) is 0 Å². The summed E-state index contributed by atoms with van der Waals surface area (Å²) < 4.78 is 1.91. The van der Waals surface area contributed by atoms with Crippen LogP contribution in [0.15, 0.2) is 12.3 Å². The third kappa shape index (κ3) is 8.78. The molecule has 0 amide bonds. The van der Waals surface area contributed by atoms with E-state index in [1.165, 1.54) is 51.4 Å². The predicted molar refractivity (Wildman–Crippen MR) is 152 cm³/mol. The van der Waals surface area contributed by atoms with E-state index in [4.69, 9.17) is 5.73 Å². The lowest BCUT2D eigenvalue weighted by atomic mass is 9.82. The van der Waals surface area contributed by atoms with Crippen molar-refractivity contribution < 1.29 is 0 Å². The maximum Gasteiger partial charge on any atom is 0.226 e. The number of hydrogen-bond donors (Lipinski definition) is 5. The normalized spacial score (nSPS) is 22.1. The zero-order valence-electron chi connectivity index (χ0n) is 22.9. The molecule has 11 heteroatoms. The van der Waals surface area contributed by atoms with E-state index < -0.39 is 0 Å². The Morgan fingerprint density at radius 3 is 2.74 bits per heavy atom. The number of nitrogens with two attached hydrogens (primary N) is 1. The van der Waals surface area contributed by atoms with E-state index in [0.29, 0.717) is 18.3 Å². The van der Waals surface area contributed by atoms with Crippen LogP contribution in [0.2, 0.25) is 0 Å². The molecule has 0 spiro atoms. The molecule has 2 aliphatic carbocycles. The third-order valence-corrected chi connectivity index (χ3v) is 8.04. The van der Waals surface area contributed by atoms with Crippen LogP contribution in [0.4, 0.5) is 17.6 Å². The standard InChI is InChI=1S/C27H47N11/c28-25-18-26(37-14-11-30-12-15-37)34-27(33-25)32-19-24-20-38(36-35-24)13-3-9-29-8-2-10-31-23-5-1-4-22(17-23)16-21-6-7-21/h18,20-23,29-31H,1-17,19H2,(H3,28,32,33,34). The lowest BCUT2D eigenvalue weighted by molar-refractivity contribution is 0.264. The zero-order valence-corrected chi connectivity index (χ0v) is 22.9. The van der Waals surface area contributed by atoms with Crippen molar-refractivity contribution in [2.24, 2.45) is 11.8 Å². The summed E-state index contributed by atoms with van der Waals surface area (Å²) in [6, 6.07) is 2.59. The molecule has 0 aromatic carbocycles. The van der Waals surface area contributed by atoms with Gasteiger partial charge in [0, 0.05) is 44.8 Å². The summed E-state index contributed by atoms with van der Waals surface area (Å²) in [6.07, 6.45) is 14.3. The molecule has 2 unspecified atom stereocenters. The predicted octanol–water partition coefficient (Wildman–Crippen LogP) is 1.99. The summed E-state index contributed by atoms with van der Waals surface area (Å²) in [5.74, 6) is 3.91. The van der Waals surface area contributed by atoms with E-state index >= 15 is 0 Å². The molecule has 2 aromatic heterocycles. The number of piperazine rings is 1. The average molecular weight is 526 g/mol. The first-order valence-corrected chi connectivity index (χ1v) is 14.9. The number of nitrogens with one attached hydrogen (secondary N) is 4. The molecular weight excluding hydrogens is 478 g/mol. The first-order chi connectivity index (χ1) is 18.7. The maximum atomic E-state index is 6.03. The van der Waals surface area contributed by atoms with Crippen molar-refractivity contribution in [3.8, 4) is 0 Å². The largest absolute Gasteiger partial charge is 0.383 e. The van der Waals surface area contributed by atoms with Crippen LogP contribution < -0.4 is 31.9 Å². The highest BCUT2D eigenvalue weighted by atomic mass is 15.4. The summed E-state index contributed by atoms with van der Waals surface area (Å²) in [4.78, 5) is 11.2. The molecule has 210 valence electrons. The number of hydrogen-bond acceptors (Lipinski definition) is 10. The molecule has 11 nitrogen and oxygen atoms in total. The van der Waals surface area contributed by atoms with Gasteiger partial charge in [0.2, 0.25) is 5.95 Å². The number of anilines is 3. The molecule has 1 aliphatic heterocycles. The van der Waals surface area contributed by atoms with E-state index in [9.17, 15) is 0 Å². The van der Waals surface area contributed by atoms with Crippen LogP contribution in [0.3, 0.4) is 0 Å². The summed E-state index contributed by atoms with van der Waals surface area (Å²) in [5.41, 5.74) is 6.89. The molecule has 0 bridgehead atoms. The minimum absolute atomic E-state index is 0.467. The zero-order chi connectivity index (χ0) is 26.0. The quantitative estimate of drug-likeness (QED) is 0.220. The van der Waals surface area contributed by atoms with Gasteiger partial charge < -0.3 is 31.9 Å². The van der Waals surface area contributed by atoms with Crippen LogP contribution in [-0.4, -0.2) is 76.8 Å². The van der Waals surface area contributed by atoms with E-state index in [1.807, 2.05) is 16.9 Å². The second-order valence-corrected chi connectivity index (χ2v) is 11.4. The van der Waals surface area contributed by atoms with Crippen molar-refractivity contribution in [2.45, 2.75) is 76.9 Å². The van der Waals surface area contributed by atoms with Crippen molar-refractivity contribution in [3.63, 3.8) is 0 Å². The molecule has 2 aromatic rings. The van der Waals surface area contributed by atoms with E-state index in [2.05, 4.69) is 46.4 Å². The maximum absolute atomic E-state index is 6.03. The van der Waals surface area contributed by atoms with Crippen LogP contribution in [0.5, 0.6) is 0 Å². The van der Waals surface area contributed by atoms with Crippen LogP contribution in [0, 0.1) is 11.8 Å². The number of nitrogens with zero attached hydrogens (tertiary/aromatic N) is 6. The Hall–Kier alpha value is -2.50. The summed E-state index contributed by atoms with van der Waals surface area (Å²) in [5, 5.41) is 22.6. The van der Waals surface area contributed by atoms with Crippen LogP contribution in [0.1, 0.15) is 63.5 Å². The fourth-order valence-corrected chi connectivity index (χ4v) is 5.81. The molecule has 0 radical (unpaired) electrons. The number of rotatable bonds is 15. The molecule has 3 heterocycles. The van der Waals surface area contributed by atoms with E-state index in [1.54, 1.807) is 0 Å². The molecule has 1 saturated heterocycles. The Labute approximate surface area is 227 Å². The molecule has 2 saturated carbocycles. The SMILES string of the molecule is Nc1cc(N2CCNCC2)nc(NCc2cn(CCCNCCCNC3CCCC(CC4CC4)C3)nn2)n1. The fraction of sp³-hybridized carbons (Fsp3) is 0.778. The number of nitrogen functional groups attached to an aromatic ring is 1. The fourth-order valence-electron chi connectivity index (χ4n) is 5.81. The van der Waals surface area contributed by atoms with Gasteiger partial charge >= 0.3 is 0 Å². The van der Waals surface area contributed by atoms with Crippen LogP contribution >= 0.6 is 0 Å². The van der Waals surface area contributed by atoms with Gasteiger partial charge in [-0.15, -0.1) is 5.10 Å². The second kappa shape index (κ2) is 14.0. The molecule has 3 fully saturated rings. The summed E-state index contributed by atoms with van der Waals surface area (Å²) >= 11 is 0. The second-order valence-electron chi connectivity index (χ2n) is 11.4. The van der Waals surface area contributed by atoms with Crippen molar-refractivity contribution in [1.82, 2.24) is 40.9 Å². The van der Waals surface area contributed by atoms with Gasteiger partial charge in [0.15, 0.2) is 0 Å². The molecule has 38 heavy (non-hydrogen) atoms. The lowest BCUT2D eigenvalue weighted by Gasteiger charge is -2.30. The van der Waals surface area contributed by atoms with Gasteiger partial charge in [-0.1, -0.05) is 30.9 Å². The third-order valence-electron chi connectivity index (χ3n) is 8.04. The Morgan fingerprint density at radius 2 is 1.87 bits per heavy atom. The summed E-state index contributed by atoms with van der Waals surface area (Å²) in [6.45, 7) is 8.27. The Balaban J connectivity index is 0.922. The summed E-state index contributed by atoms with van der Waals surface area (Å²) in [7, 11) is 0. The molecule has 6 N–H and O–H groups in total. The first-order valence-electron chi connectivity index (χ1n) is 14.9. The van der Waals surface area contributed by atoms with Crippen molar-refractivity contribution in [2.75, 3.05) is 61.8 Å². The Kier molecular flexibility index (Phi) is 10.0. The monoisotopic (exact) mass is 525 g/mol. The Bertz CT molecular complexity index is 970. The van der Waals surface area contributed by atoms with Gasteiger partial charge in [0.1, 0.15) is 17.3 Å². The highest BCUT2D eigenvalue weighted by Gasteiger charge is 2.28. The average Bonchev–Trinajstić information content (AvgIpc) is 3.63. The topological polar surface area (TPSA) is 134 Å². The highest BCUT2D eigenvalue weighted by Crippen LogP contribution is 2.39. The van der Waals surface area contributed by atoms with E-state index in [-0.39, 0.29) is 0 Å². The number of aromatic nitrogens is 5. The van der Waals surface area contributed by atoms with Crippen molar-refractivity contribution in [1.29, 1.82) is 0 Å². The number of aryl methyl sites for hydroxylation is 1. The van der Waals surface area contributed by atoms with Gasteiger partial charge in [-0.2, -0.15) is 9.97 Å². The highest BCUT2D eigenvalue weighted by molar-refractivity contribution is 5.51. The van der Waals surface area contributed by atoms with Crippen molar-refractivity contribution >= 4 is 17.6 Å². The van der Waals surface area contributed by atoms with Gasteiger partial charge in [0.05, 0.1) is 12.7 Å². The smallest absolute Gasteiger partial charge is 0.226 e. The molecule has 2 atom stereocenters. The van der Waals surface area contributed by atoms with Gasteiger partial charge in [-0.25, -0.2) is 0 Å². The van der Waals surface area contributed by atoms with Crippen molar-refractivity contribution in [3.05, 3.63) is 18.0 Å². The van der Waals surface area contributed by atoms with Crippen LogP contribution in [-0.2, 0) is 13.1 Å². The Morgan fingerprint density at radius 1 is 1.00 bits per heavy atom. The first kappa shape index (κ1) is 27.1. The molecular formula is C27H47N11.